The van der Waals surface area contributed by atoms with Crippen LogP contribution in [0.2, 0.25) is 0 Å². The molecular weight excluding hydrogens is 462 g/mol. The summed E-state index contributed by atoms with van der Waals surface area (Å²) < 4.78 is 2.72. The minimum Gasteiger partial charge on any atom is -0.296 e. The molecule has 4 rings (SSSR count). The van der Waals surface area contributed by atoms with Gasteiger partial charge in [-0.25, -0.2) is 9.67 Å². The van der Waals surface area contributed by atoms with E-state index >= 15 is 0 Å². The second kappa shape index (κ2) is 8.49. The van der Waals surface area contributed by atoms with Crippen LogP contribution in [0.25, 0.3) is 5.69 Å². The summed E-state index contributed by atoms with van der Waals surface area (Å²) in [5.41, 5.74) is 5.07. The highest BCUT2D eigenvalue weighted by atomic mass is 79.9. The van der Waals surface area contributed by atoms with Gasteiger partial charge in [-0.05, 0) is 56.2 Å². The van der Waals surface area contributed by atoms with Gasteiger partial charge in [0.2, 0.25) is 0 Å². The summed E-state index contributed by atoms with van der Waals surface area (Å²) in [5.74, 6) is -0.310. The highest BCUT2D eigenvalue weighted by Gasteiger charge is 2.19. The molecule has 1 N–H and O–H groups in total. The molecule has 0 spiro atoms. The zero-order valence-corrected chi connectivity index (χ0v) is 19.2. The summed E-state index contributed by atoms with van der Waals surface area (Å²) in [4.78, 5) is 18.4. The Hall–Kier alpha value is -2.84. The number of hydrogen-bond donors (Lipinski definition) is 1. The van der Waals surface area contributed by atoms with Gasteiger partial charge in [0, 0.05) is 15.8 Å². The summed E-state index contributed by atoms with van der Waals surface area (Å²) in [5, 5.41) is 11.7. The Labute approximate surface area is 187 Å². The number of halogens is 1. The smallest absolute Gasteiger partial charge is 0.279 e. The number of benzene rings is 2. The summed E-state index contributed by atoms with van der Waals surface area (Å²) in [6.07, 6.45) is 0.773. The minimum absolute atomic E-state index is 0.291. The number of amides is 1. The number of rotatable bonds is 5. The average molecular weight is 482 g/mol. The molecule has 152 valence electrons. The Balaban J connectivity index is 1.51. The number of anilines is 1. The lowest BCUT2D eigenvalue weighted by Gasteiger charge is -2.04. The van der Waals surface area contributed by atoms with E-state index in [-0.39, 0.29) is 5.91 Å². The second-order valence-electron chi connectivity index (χ2n) is 7.06. The Bertz CT molecular complexity index is 1210. The van der Waals surface area contributed by atoms with Crippen molar-refractivity contribution in [1.82, 2.24) is 20.0 Å². The monoisotopic (exact) mass is 481 g/mol. The largest absolute Gasteiger partial charge is 0.296 e. The average Bonchev–Trinajstić information content (AvgIpc) is 3.26. The maximum Gasteiger partial charge on any atom is 0.279 e. The zero-order valence-electron chi connectivity index (χ0n) is 16.8. The van der Waals surface area contributed by atoms with E-state index in [1.807, 2.05) is 57.2 Å². The third-order valence-corrected chi connectivity index (χ3v) is 6.35. The van der Waals surface area contributed by atoms with Crippen LogP contribution in [-0.2, 0) is 6.42 Å². The third-order valence-electron chi connectivity index (χ3n) is 4.75. The van der Waals surface area contributed by atoms with Crippen LogP contribution in [0.4, 0.5) is 5.13 Å². The van der Waals surface area contributed by atoms with Crippen LogP contribution in [0, 0.1) is 20.8 Å². The zero-order chi connectivity index (χ0) is 21.3. The highest BCUT2D eigenvalue weighted by Crippen LogP contribution is 2.26. The van der Waals surface area contributed by atoms with Gasteiger partial charge in [-0.3, -0.25) is 10.1 Å². The van der Waals surface area contributed by atoms with Gasteiger partial charge in [-0.1, -0.05) is 45.4 Å². The third kappa shape index (κ3) is 4.34. The lowest BCUT2D eigenvalue weighted by Crippen LogP contribution is -2.14. The molecule has 0 aliphatic rings. The fourth-order valence-corrected chi connectivity index (χ4v) is 4.39. The van der Waals surface area contributed by atoms with Crippen LogP contribution < -0.4 is 5.32 Å². The fourth-order valence-electron chi connectivity index (χ4n) is 3.13. The molecule has 0 fully saturated rings. The first-order chi connectivity index (χ1) is 14.4. The number of thiazole rings is 1. The van der Waals surface area contributed by atoms with Crippen molar-refractivity contribution in [2.24, 2.45) is 0 Å². The molecule has 0 saturated carbocycles. The predicted octanol–water partition coefficient (Wildman–Crippen LogP) is 5.25. The van der Waals surface area contributed by atoms with Gasteiger partial charge in [0.05, 0.1) is 17.1 Å². The first-order valence-corrected chi connectivity index (χ1v) is 11.0. The van der Waals surface area contributed by atoms with E-state index < -0.39 is 0 Å². The number of aryl methyl sites for hydroxylation is 2. The van der Waals surface area contributed by atoms with Crippen LogP contribution >= 0.6 is 27.3 Å². The van der Waals surface area contributed by atoms with Gasteiger partial charge >= 0.3 is 0 Å². The maximum absolute atomic E-state index is 12.8. The van der Waals surface area contributed by atoms with E-state index in [0.717, 1.165) is 32.7 Å². The van der Waals surface area contributed by atoms with E-state index in [1.54, 1.807) is 4.68 Å². The molecule has 4 aromatic rings. The molecule has 2 aromatic heterocycles. The Morgan fingerprint density at radius 3 is 2.63 bits per heavy atom. The molecule has 0 aliphatic carbocycles. The maximum atomic E-state index is 12.8. The minimum atomic E-state index is -0.310. The predicted molar refractivity (Wildman–Crippen MR) is 123 cm³/mol. The van der Waals surface area contributed by atoms with E-state index in [2.05, 4.69) is 48.7 Å². The second-order valence-corrected chi connectivity index (χ2v) is 9.06. The normalized spacial score (nSPS) is 10.9. The van der Waals surface area contributed by atoms with E-state index in [9.17, 15) is 4.79 Å². The molecule has 0 saturated heterocycles. The van der Waals surface area contributed by atoms with Crippen molar-refractivity contribution in [3.8, 4) is 5.69 Å². The molecule has 0 radical (unpaired) electrons. The lowest BCUT2D eigenvalue weighted by atomic mass is 10.1. The van der Waals surface area contributed by atoms with Crippen molar-refractivity contribution in [1.29, 1.82) is 0 Å². The van der Waals surface area contributed by atoms with Crippen LogP contribution in [0.1, 0.15) is 37.9 Å². The van der Waals surface area contributed by atoms with Gasteiger partial charge < -0.3 is 0 Å². The summed E-state index contributed by atoms with van der Waals surface area (Å²) >= 11 is 4.94. The van der Waals surface area contributed by atoms with Crippen LogP contribution in [0.3, 0.4) is 0 Å². The molecule has 30 heavy (non-hydrogen) atoms. The SMILES string of the molecule is Cc1cccc(-n2nnc(C(=O)Nc3nc(C)c(Cc4ccc(Br)cc4)s3)c2C)c1. The van der Waals surface area contributed by atoms with Gasteiger partial charge in [-0.2, -0.15) is 0 Å². The van der Waals surface area contributed by atoms with Crippen LogP contribution in [0.5, 0.6) is 0 Å². The molecule has 6 nitrogen and oxygen atoms in total. The number of hydrogen-bond acceptors (Lipinski definition) is 5. The fraction of sp³-hybridized carbons (Fsp3) is 0.182. The first kappa shape index (κ1) is 20.4. The molecule has 0 bridgehead atoms. The van der Waals surface area contributed by atoms with E-state index in [0.29, 0.717) is 16.5 Å². The highest BCUT2D eigenvalue weighted by molar-refractivity contribution is 9.10. The molecule has 0 aliphatic heterocycles. The van der Waals surface area contributed by atoms with Gasteiger partial charge in [0.15, 0.2) is 10.8 Å². The molecule has 8 heteroatoms. The summed E-state index contributed by atoms with van der Waals surface area (Å²) in [6.45, 7) is 5.81. The lowest BCUT2D eigenvalue weighted by molar-refractivity contribution is 0.102. The number of carbonyl (C=O) groups is 1. The van der Waals surface area contributed by atoms with Crippen molar-refractivity contribution in [2.75, 3.05) is 5.32 Å². The Kier molecular flexibility index (Phi) is 5.78. The van der Waals surface area contributed by atoms with Crippen LogP contribution in [-0.4, -0.2) is 25.9 Å². The van der Waals surface area contributed by atoms with Crippen molar-refractivity contribution < 1.29 is 4.79 Å². The molecule has 1 amide bonds. The van der Waals surface area contributed by atoms with Gasteiger partial charge in [-0.15, -0.1) is 16.4 Å². The van der Waals surface area contributed by atoms with Gasteiger partial charge in [0.25, 0.3) is 5.91 Å². The van der Waals surface area contributed by atoms with Crippen molar-refractivity contribution in [3.05, 3.63) is 86.1 Å². The van der Waals surface area contributed by atoms with Crippen molar-refractivity contribution >= 4 is 38.3 Å². The Morgan fingerprint density at radius 2 is 1.90 bits per heavy atom. The number of nitrogens with one attached hydrogen (secondary N) is 1. The molecule has 2 heterocycles. The number of aromatic nitrogens is 4. The standard InChI is InChI=1S/C22H20BrN5OS/c1-13-5-4-6-18(11-13)28-15(3)20(26-27-28)21(29)25-22-24-14(2)19(30-22)12-16-7-9-17(23)10-8-16/h4-11H,12H2,1-3H3,(H,24,25,29). The topological polar surface area (TPSA) is 72.7 Å². The summed E-state index contributed by atoms with van der Waals surface area (Å²) in [6, 6.07) is 16.1. The Morgan fingerprint density at radius 1 is 1.13 bits per heavy atom. The molecule has 2 aromatic carbocycles. The van der Waals surface area contributed by atoms with Crippen LogP contribution in [0.15, 0.2) is 53.0 Å². The molecular formula is C22H20BrN5OS. The molecule has 0 unspecified atom stereocenters. The summed E-state index contributed by atoms with van der Waals surface area (Å²) in [7, 11) is 0. The number of carbonyl (C=O) groups excluding carboxylic acids is 1. The van der Waals surface area contributed by atoms with E-state index in [4.69, 9.17) is 0 Å². The van der Waals surface area contributed by atoms with Crippen molar-refractivity contribution in [3.63, 3.8) is 0 Å². The first-order valence-electron chi connectivity index (χ1n) is 9.42. The van der Waals surface area contributed by atoms with E-state index in [1.165, 1.54) is 16.9 Å². The molecule has 0 atom stereocenters. The van der Waals surface area contributed by atoms with Crippen molar-refractivity contribution in [2.45, 2.75) is 27.2 Å². The number of nitrogens with zero attached hydrogens (tertiary/aromatic N) is 4. The van der Waals surface area contributed by atoms with Gasteiger partial charge in [0.1, 0.15) is 0 Å². The quantitative estimate of drug-likeness (QED) is 0.422.